The van der Waals surface area contributed by atoms with Gasteiger partial charge in [0.1, 0.15) is 12.4 Å². The monoisotopic (exact) mass is 544 g/mol. The van der Waals surface area contributed by atoms with Gasteiger partial charge in [0, 0.05) is 24.1 Å². The molecule has 0 fully saturated rings. The molecule has 10 heteroatoms. The fourth-order valence-corrected chi connectivity index (χ4v) is 5.85. The average molecular weight is 545 g/mol. The maximum Gasteiger partial charge on any atom is 0.277 e. The number of hydrogen-bond acceptors (Lipinski definition) is 8. The Morgan fingerprint density at radius 3 is 2.49 bits per heavy atom. The molecule has 0 spiro atoms. The van der Waals surface area contributed by atoms with Crippen LogP contribution < -0.4 is 5.56 Å². The highest BCUT2D eigenvalue weighted by Gasteiger charge is 2.31. The van der Waals surface area contributed by atoms with E-state index >= 15 is 0 Å². The van der Waals surface area contributed by atoms with Crippen molar-refractivity contribution < 1.29 is 18.3 Å². The summed E-state index contributed by atoms with van der Waals surface area (Å²) in [7, 11) is -4.46. The van der Waals surface area contributed by atoms with Gasteiger partial charge in [-0.3, -0.25) is 14.3 Å². The van der Waals surface area contributed by atoms with Gasteiger partial charge in [0.2, 0.25) is 15.7 Å². The molecule has 0 unspecified atom stereocenters. The number of aromatic nitrogens is 3. The number of pyridine rings is 1. The van der Waals surface area contributed by atoms with E-state index in [1.54, 1.807) is 55.6 Å². The third-order valence-corrected chi connectivity index (χ3v) is 8.20. The van der Waals surface area contributed by atoms with Crippen LogP contribution in [0.5, 0.6) is 5.88 Å². The SMILES string of the molecule is CCOCc1nc(O)c(S(=O)(=O)c2ccc(-c3cccnc3C)cc2)c(=O)n1[C@@H](CC)c1cccc(C#N)c1. The zero-order valence-corrected chi connectivity index (χ0v) is 22.6. The molecule has 0 aliphatic rings. The molecule has 0 radical (unpaired) electrons. The highest BCUT2D eigenvalue weighted by atomic mass is 32.2. The number of aryl methyl sites for hydroxylation is 1. The van der Waals surface area contributed by atoms with Gasteiger partial charge in [0.15, 0.2) is 4.90 Å². The zero-order valence-electron chi connectivity index (χ0n) is 21.8. The van der Waals surface area contributed by atoms with Gasteiger partial charge < -0.3 is 9.84 Å². The third-order valence-electron chi connectivity index (χ3n) is 6.41. The number of hydrogen-bond donors (Lipinski definition) is 1. The molecule has 2 heterocycles. The Balaban J connectivity index is 1.88. The summed E-state index contributed by atoms with van der Waals surface area (Å²) in [5, 5.41) is 20.1. The lowest BCUT2D eigenvalue weighted by Crippen LogP contribution is -2.33. The maximum absolute atomic E-state index is 13.9. The standard InChI is InChI=1S/C29H28N4O5S/c1-4-25(22-9-6-8-20(16-22)17-30)33-26(18-38-5-2)32-28(34)27(29(33)35)39(36,37)23-13-11-21(12-14-23)24-10-7-15-31-19(24)3/h6-16,25,34H,4-5,18H2,1-3H3/t25-/m0/s1. The first kappa shape index (κ1) is 27.7. The van der Waals surface area contributed by atoms with Crippen molar-refractivity contribution >= 4 is 9.84 Å². The van der Waals surface area contributed by atoms with Crippen molar-refractivity contribution in [1.82, 2.24) is 14.5 Å². The third kappa shape index (κ3) is 5.46. The molecular weight excluding hydrogens is 516 g/mol. The van der Waals surface area contributed by atoms with Crippen LogP contribution in [-0.4, -0.2) is 34.7 Å². The van der Waals surface area contributed by atoms with Crippen LogP contribution in [0.15, 0.2) is 81.4 Å². The second-order valence-corrected chi connectivity index (χ2v) is 10.7. The topological polar surface area (TPSA) is 135 Å². The van der Waals surface area contributed by atoms with Crippen LogP contribution in [0, 0.1) is 18.3 Å². The Morgan fingerprint density at radius 2 is 1.85 bits per heavy atom. The first-order valence-corrected chi connectivity index (χ1v) is 13.9. The van der Waals surface area contributed by atoms with Gasteiger partial charge in [0.05, 0.1) is 22.6 Å². The number of aromatic hydroxyl groups is 1. The van der Waals surface area contributed by atoms with Crippen molar-refractivity contribution in [2.75, 3.05) is 6.61 Å². The van der Waals surface area contributed by atoms with Crippen molar-refractivity contribution in [3.63, 3.8) is 0 Å². The summed E-state index contributed by atoms with van der Waals surface area (Å²) in [6.45, 7) is 5.66. The summed E-state index contributed by atoms with van der Waals surface area (Å²) >= 11 is 0. The summed E-state index contributed by atoms with van der Waals surface area (Å²) in [6.07, 6.45) is 2.06. The quantitative estimate of drug-likeness (QED) is 0.324. The molecule has 0 saturated heterocycles. The summed E-state index contributed by atoms with van der Waals surface area (Å²) in [5.74, 6) is -0.811. The Labute approximate surface area is 226 Å². The van der Waals surface area contributed by atoms with Crippen molar-refractivity contribution in [2.45, 2.75) is 49.6 Å². The zero-order chi connectivity index (χ0) is 28.2. The summed E-state index contributed by atoms with van der Waals surface area (Å²) in [5.41, 5.74) is 2.50. The van der Waals surface area contributed by atoms with E-state index in [4.69, 9.17) is 4.74 Å². The average Bonchev–Trinajstić information content (AvgIpc) is 2.94. The van der Waals surface area contributed by atoms with Crippen molar-refractivity contribution in [3.05, 3.63) is 99.9 Å². The molecule has 2 aromatic heterocycles. The van der Waals surface area contributed by atoms with E-state index in [1.807, 2.05) is 19.9 Å². The minimum absolute atomic E-state index is 0.0786. The second-order valence-electron chi connectivity index (χ2n) is 8.82. The van der Waals surface area contributed by atoms with Crippen LogP contribution in [0.3, 0.4) is 0 Å². The number of nitrogens with zero attached hydrogens (tertiary/aromatic N) is 4. The number of benzene rings is 2. The van der Waals surface area contributed by atoms with Crippen LogP contribution in [0.2, 0.25) is 0 Å². The van der Waals surface area contributed by atoms with Gasteiger partial charge in [-0.25, -0.2) is 8.42 Å². The molecule has 200 valence electrons. The van der Waals surface area contributed by atoms with Crippen molar-refractivity contribution in [2.24, 2.45) is 0 Å². The number of sulfone groups is 1. The van der Waals surface area contributed by atoms with Gasteiger partial charge >= 0.3 is 0 Å². The van der Waals surface area contributed by atoms with Crippen molar-refractivity contribution in [1.29, 1.82) is 5.26 Å². The summed E-state index contributed by atoms with van der Waals surface area (Å²) < 4.78 is 34.2. The molecule has 2 aromatic carbocycles. The largest absolute Gasteiger partial charge is 0.492 e. The van der Waals surface area contributed by atoms with Crippen LogP contribution in [0.1, 0.15) is 49.0 Å². The van der Waals surface area contributed by atoms with Crippen LogP contribution in [0.25, 0.3) is 11.1 Å². The lowest BCUT2D eigenvalue weighted by molar-refractivity contribution is 0.122. The molecule has 4 rings (SSSR count). The maximum atomic E-state index is 13.9. The number of rotatable bonds is 9. The Morgan fingerprint density at radius 1 is 1.10 bits per heavy atom. The number of nitriles is 1. The van der Waals surface area contributed by atoms with E-state index in [-0.39, 0.29) is 17.3 Å². The lowest BCUT2D eigenvalue weighted by Gasteiger charge is -2.23. The van der Waals surface area contributed by atoms with Crippen LogP contribution in [-0.2, 0) is 21.2 Å². The minimum atomic E-state index is -4.46. The Kier molecular flexibility index (Phi) is 8.24. The minimum Gasteiger partial charge on any atom is -0.492 e. The second kappa shape index (κ2) is 11.6. The molecule has 0 aliphatic carbocycles. The highest BCUT2D eigenvalue weighted by Crippen LogP contribution is 2.30. The van der Waals surface area contributed by atoms with E-state index < -0.39 is 32.2 Å². The van der Waals surface area contributed by atoms with Crippen LogP contribution >= 0.6 is 0 Å². The molecule has 39 heavy (non-hydrogen) atoms. The fourth-order valence-electron chi connectivity index (χ4n) is 4.50. The first-order valence-electron chi connectivity index (χ1n) is 12.4. The van der Waals surface area contributed by atoms with E-state index in [0.717, 1.165) is 16.8 Å². The van der Waals surface area contributed by atoms with E-state index in [2.05, 4.69) is 16.0 Å². The predicted octanol–water partition coefficient (Wildman–Crippen LogP) is 4.56. The molecule has 0 bridgehead atoms. The van der Waals surface area contributed by atoms with E-state index in [0.29, 0.717) is 24.2 Å². The molecule has 0 aliphatic heterocycles. The molecule has 0 saturated carbocycles. The molecular formula is C29H28N4O5S. The van der Waals surface area contributed by atoms with E-state index in [9.17, 15) is 23.6 Å². The van der Waals surface area contributed by atoms with Gasteiger partial charge in [-0.1, -0.05) is 37.3 Å². The fraction of sp³-hybridized carbons (Fsp3) is 0.241. The van der Waals surface area contributed by atoms with Gasteiger partial charge in [-0.05, 0) is 61.7 Å². The van der Waals surface area contributed by atoms with Gasteiger partial charge in [-0.2, -0.15) is 10.2 Å². The smallest absolute Gasteiger partial charge is 0.277 e. The molecule has 1 atom stereocenters. The van der Waals surface area contributed by atoms with Gasteiger partial charge in [-0.15, -0.1) is 0 Å². The molecule has 0 amide bonds. The highest BCUT2D eigenvalue weighted by molar-refractivity contribution is 7.91. The molecule has 9 nitrogen and oxygen atoms in total. The van der Waals surface area contributed by atoms with E-state index in [1.165, 1.54) is 16.7 Å². The molecule has 4 aromatic rings. The molecule has 1 N–H and O–H groups in total. The Bertz CT molecular complexity index is 1710. The van der Waals surface area contributed by atoms with Crippen molar-refractivity contribution in [3.8, 4) is 23.1 Å². The Hall–Kier alpha value is -4.33. The summed E-state index contributed by atoms with van der Waals surface area (Å²) in [4.78, 5) is 21.3. The van der Waals surface area contributed by atoms with Crippen LogP contribution in [0.4, 0.5) is 0 Å². The van der Waals surface area contributed by atoms with Gasteiger partial charge in [0.25, 0.3) is 5.56 Å². The number of ether oxygens (including phenoxy) is 1. The lowest BCUT2D eigenvalue weighted by atomic mass is 10.0. The predicted molar refractivity (Wildman–Crippen MR) is 145 cm³/mol. The first-order chi connectivity index (χ1) is 18.7. The normalized spacial score (nSPS) is 12.2. The summed E-state index contributed by atoms with van der Waals surface area (Å²) in [6, 6.07) is 17.9.